The molecule has 0 aliphatic carbocycles. The Labute approximate surface area is 206 Å². The van der Waals surface area contributed by atoms with Crippen LogP contribution in [0.5, 0.6) is 5.75 Å². The van der Waals surface area contributed by atoms with Crippen molar-refractivity contribution in [1.29, 1.82) is 0 Å². The van der Waals surface area contributed by atoms with Gasteiger partial charge < -0.3 is 19.9 Å². The molecule has 0 aliphatic heterocycles. The highest BCUT2D eigenvalue weighted by molar-refractivity contribution is 5.98. The van der Waals surface area contributed by atoms with Gasteiger partial charge in [0, 0.05) is 37.1 Å². The van der Waals surface area contributed by atoms with Gasteiger partial charge in [0.15, 0.2) is 0 Å². The maximum Gasteiger partial charge on any atom is 0.270 e. The molecule has 0 unspecified atom stereocenters. The molecule has 0 bridgehead atoms. The topological polar surface area (TPSA) is 76.6 Å². The van der Waals surface area contributed by atoms with E-state index in [2.05, 4.69) is 24.0 Å². The molecule has 0 spiro atoms. The molecule has 2 amide bonds. The molecule has 3 aromatic carbocycles. The number of carbonyl (C=O) groups excluding carboxylic acids is 2. The van der Waals surface area contributed by atoms with E-state index < -0.39 is 0 Å². The summed E-state index contributed by atoms with van der Waals surface area (Å²) in [5.74, 6) is 0.0855. The lowest BCUT2D eigenvalue weighted by Crippen LogP contribution is -2.38. The van der Waals surface area contributed by atoms with E-state index in [-0.39, 0.29) is 11.7 Å². The molecule has 0 atom stereocenters. The van der Waals surface area contributed by atoms with Gasteiger partial charge in [0.05, 0.1) is 0 Å². The minimum absolute atomic E-state index is 0.0837. The molecule has 4 aromatic rings. The third-order valence-electron chi connectivity index (χ3n) is 5.72. The van der Waals surface area contributed by atoms with Crippen molar-refractivity contribution >= 4 is 23.2 Å². The number of nitrogens with zero attached hydrogens (tertiary/aromatic N) is 2. The fourth-order valence-corrected chi connectivity index (χ4v) is 3.78. The molecular weight excluding hydrogens is 438 g/mol. The van der Waals surface area contributed by atoms with Gasteiger partial charge in [0.1, 0.15) is 11.4 Å². The van der Waals surface area contributed by atoms with Crippen LogP contribution in [0.3, 0.4) is 0 Å². The smallest absolute Gasteiger partial charge is 0.270 e. The van der Waals surface area contributed by atoms with Crippen molar-refractivity contribution in [2.24, 2.45) is 0 Å². The van der Waals surface area contributed by atoms with Crippen molar-refractivity contribution in [2.45, 2.75) is 27.3 Å². The normalized spacial score (nSPS) is 10.4. The van der Waals surface area contributed by atoms with Crippen LogP contribution in [-0.2, 0) is 11.3 Å². The molecule has 6 nitrogen and oxygen atoms in total. The summed E-state index contributed by atoms with van der Waals surface area (Å²) in [4.78, 5) is 30.8. The zero-order valence-corrected chi connectivity index (χ0v) is 20.6. The number of nitrogens with one attached hydrogen (secondary N) is 1. The molecular formula is C29H33N3O3. The zero-order valence-electron chi connectivity index (χ0n) is 20.6. The van der Waals surface area contributed by atoms with Crippen LogP contribution in [-0.4, -0.2) is 51.8 Å². The number of carbonyl (C=O) groups is 2. The highest BCUT2D eigenvalue weighted by Gasteiger charge is 2.17. The summed E-state index contributed by atoms with van der Waals surface area (Å²) in [7, 11) is 0. The van der Waals surface area contributed by atoms with Gasteiger partial charge >= 0.3 is 0 Å². The number of aromatic nitrogens is 1. The van der Waals surface area contributed by atoms with Crippen LogP contribution in [0.15, 0.2) is 78.9 Å². The number of hydrogen-bond donors (Lipinski definition) is 2. The number of benzene rings is 3. The molecule has 0 fully saturated rings. The van der Waals surface area contributed by atoms with Gasteiger partial charge in [-0.1, -0.05) is 59.7 Å². The molecule has 35 heavy (non-hydrogen) atoms. The Morgan fingerprint density at radius 2 is 1.69 bits per heavy atom. The van der Waals surface area contributed by atoms with Crippen LogP contribution in [0.1, 0.15) is 34.1 Å². The van der Waals surface area contributed by atoms with Crippen LogP contribution < -0.4 is 0 Å². The summed E-state index contributed by atoms with van der Waals surface area (Å²) >= 11 is 0. The number of hydrogen-bond acceptors (Lipinski definition) is 3. The fraction of sp³-hybridized carbons (Fsp3) is 0.241. The second-order valence-electron chi connectivity index (χ2n) is 8.56. The fourth-order valence-electron chi connectivity index (χ4n) is 3.78. The Hall–Kier alpha value is -4.06. The van der Waals surface area contributed by atoms with Crippen LogP contribution in [0.2, 0.25) is 0 Å². The second-order valence-corrected chi connectivity index (χ2v) is 8.56. The lowest BCUT2D eigenvalue weighted by Gasteiger charge is -2.24. The maximum absolute atomic E-state index is 12.9. The number of aryl methyl sites for hydroxylation is 2. The van der Waals surface area contributed by atoms with Crippen LogP contribution in [0.4, 0.5) is 0 Å². The van der Waals surface area contributed by atoms with E-state index in [1.54, 1.807) is 28.0 Å². The van der Waals surface area contributed by atoms with Gasteiger partial charge in [-0.3, -0.25) is 9.59 Å². The first-order valence-electron chi connectivity index (χ1n) is 11.8. The first kappa shape index (κ1) is 25.6. The molecule has 6 heteroatoms. The first-order chi connectivity index (χ1) is 16.9. The van der Waals surface area contributed by atoms with Crippen molar-refractivity contribution in [3.05, 3.63) is 101 Å². The Morgan fingerprint density at radius 1 is 0.914 bits per heavy atom. The summed E-state index contributed by atoms with van der Waals surface area (Å²) in [5, 5.41) is 10.6. The molecule has 4 rings (SSSR count). The Kier molecular flexibility index (Phi) is 9.07. The largest absolute Gasteiger partial charge is 0.508 e. The summed E-state index contributed by atoms with van der Waals surface area (Å²) < 4.78 is 0. The molecule has 0 saturated carbocycles. The lowest BCUT2D eigenvalue weighted by molar-refractivity contribution is -0.118. The molecule has 1 heterocycles. The van der Waals surface area contributed by atoms with E-state index in [9.17, 15) is 14.7 Å². The minimum atomic E-state index is -0.0837. The Bertz CT molecular complexity index is 1250. The van der Waals surface area contributed by atoms with E-state index in [0.717, 1.165) is 28.4 Å². The number of likely N-dealkylation sites (N-methyl/N-ethyl adjacent to an activating group) is 1. The average molecular weight is 472 g/mol. The van der Waals surface area contributed by atoms with Crippen molar-refractivity contribution < 1.29 is 14.7 Å². The molecule has 0 aliphatic rings. The van der Waals surface area contributed by atoms with Gasteiger partial charge in [-0.2, -0.15) is 0 Å². The van der Waals surface area contributed by atoms with E-state index in [0.29, 0.717) is 31.9 Å². The monoisotopic (exact) mass is 471 g/mol. The van der Waals surface area contributed by atoms with E-state index >= 15 is 0 Å². The van der Waals surface area contributed by atoms with Gasteiger partial charge in [-0.25, -0.2) is 0 Å². The summed E-state index contributed by atoms with van der Waals surface area (Å²) in [5.41, 5.74) is 4.79. The summed E-state index contributed by atoms with van der Waals surface area (Å²) in [6.07, 6.45) is 0.772. The minimum Gasteiger partial charge on any atom is -0.508 e. The van der Waals surface area contributed by atoms with Gasteiger partial charge in [0.25, 0.3) is 5.91 Å². The predicted molar refractivity (Wildman–Crippen MR) is 140 cm³/mol. The number of rotatable bonds is 8. The standard InChI is InChI=1S/C22H25N3O3.C7H8/c1-3-25(10-9-24(15-26)14-17-5-4-6-19(27)12-17)22(28)21-13-18-11-16(2)7-8-20(18)23-21;1-7-5-3-2-4-6-7/h4-8,11-13,15,23,27H,3,9-10,14H2,1-2H3;2-6H,1H3. The molecule has 182 valence electrons. The van der Waals surface area contributed by atoms with Crippen molar-refractivity contribution in [3.8, 4) is 5.75 Å². The number of amides is 2. The van der Waals surface area contributed by atoms with E-state index in [1.165, 1.54) is 5.56 Å². The van der Waals surface area contributed by atoms with Crippen molar-refractivity contribution in [1.82, 2.24) is 14.8 Å². The molecule has 1 aromatic heterocycles. The molecule has 2 N–H and O–H groups in total. The van der Waals surface area contributed by atoms with Gasteiger partial charge in [-0.05, 0) is 56.7 Å². The van der Waals surface area contributed by atoms with Crippen molar-refractivity contribution in [3.63, 3.8) is 0 Å². The second kappa shape index (κ2) is 12.4. The average Bonchev–Trinajstić information content (AvgIpc) is 3.27. The summed E-state index contributed by atoms with van der Waals surface area (Å²) in [6, 6.07) is 25.0. The highest BCUT2D eigenvalue weighted by Crippen LogP contribution is 2.18. The lowest BCUT2D eigenvalue weighted by atomic mass is 10.2. The SMILES string of the molecule is CCN(CCN(C=O)Cc1cccc(O)c1)C(=O)c1cc2cc(C)ccc2[nH]1.Cc1ccccc1. The number of aromatic amines is 1. The van der Waals surface area contributed by atoms with Crippen LogP contribution in [0.25, 0.3) is 10.9 Å². The quantitative estimate of drug-likeness (QED) is 0.343. The van der Waals surface area contributed by atoms with Crippen LogP contribution in [0, 0.1) is 13.8 Å². The maximum atomic E-state index is 12.9. The highest BCUT2D eigenvalue weighted by atomic mass is 16.3. The van der Waals surface area contributed by atoms with E-state index in [4.69, 9.17) is 0 Å². The van der Waals surface area contributed by atoms with Crippen LogP contribution >= 0.6 is 0 Å². The summed E-state index contributed by atoms with van der Waals surface area (Å²) in [6.45, 7) is 7.80. The number of phenols is 1. The van der Waals surface area contributed by atoms with Crippen molar-refractivity contribution in [2.75, 3.05) is 19.6 Å². The Balaban J connectivity index is 0.000000420. The first-order valence-corrected chi connectivity index (χ1v) is 11.8. The van der Waals surface area contributed by atoms with E-state index in [1.807, 2.05) is 62.4 Å². The number of phenolic OH excluding ortho intramolecular Hbond substituents is 1. The molecule has 0 radical (unpaired) electrons. The third-order valence-corrected chi connectivity index (χ3v) is 5.72. The number of fused-ring (bicyclic) bond motifs is 1. The zero-order chi connectivity index (χ0) is 25.2. The third kappa shape index (κ3) is 7.47. The van der Waals surface area contributed by atoms with Gasteiger partial charge in [0.2, 0.25) is 6.41 Å². The molecule has 0 saturated heterocycles. The van der Waals surface area contributed by atoms with Gasteiger partial charge in [-0.15, -0.1) is 0 Å². The predicted octanol–water partition coefficient (Wildman–Crippen LogP) is 5.30. The number of H-pyrrole nitrogens is 1. The Morgan fingerprint density at radius 3 is 2.31 bits per heavy atom. The number of aromatic hydroxyl groups is 1.